The zero-order chi connectivity index (χ0) is 25.8. The highest BCUT2D eigenvalue weighted by atomic mass is 16.5. The Labute approximate surface area is 213 Å². The summed E-state index contributed by atoms with van der Waals surface area (Å²) in [7, 11) is 3.07. The third-order valence-corrected chi connectivity index (χ3v) is 6.91. The summed E-state index contributed by atoms with van der Waals surface area (Å²) in [4.78, 5) is 28.3. The van der Waals surface area contributed by atoms with Gasteiger partial charge in [-0.2, -0.15) is 9.97 Å². The second kappa shape index (κ2) is 10.8. The fourth-order valence-electron chi connectivity index (χ4n) is 5.02. The largest absolute Gasteiger partial charge is 0.492 e. The molecule has 0 atom stereocenters. The number of aryl methyl sites for hydroxylation is 1. The van der Waals surface area contributed by atoms with Crippen LogP contribution in [0.15, 0.2) is 49.3 Å². The molecule has 1 aromatic carbocycles. The maximum atomic E-state index is 12.4. The van der Waals surface area contributed by atoms with Gasteiger partial charge in [0.05, 0.1) is 26.5 Å². The summed E-state index contributed by atoms with van der Waals surface area (Å²) in [6, 6.07) is 6.80. The zero-order valence-corrected chi connectivity index (χ0v) is 21.7. The van der Waals surface area contributed by atoms with Crippen molar-refractivity contribution in [2.45, 2.75) is 26.8 Å². The van der Waals surface area contributed by atoms with Crippen LogP contribution in [0.5, 0.6) is 6.01 Å². The molecular formula is C28H35N5O3. The number of hydrogen-bond donors (Lipinski definition) is 0. The van der Waals surface area contributed by atoms with Gasteiger partial charge in [-0.1, -0.05) is 37.4 Å². The average Bonchev–Trinajstić information content (AvgIpc) is 2.91. The van der Waals surface area contributed by atoms with E-state index in [1.54, 1.807) is 12.0 Å². The van der Waals surface area contributed by atoms with E-state index < -0.39 is 0 Å². The first-order chi connectivity index (χ1) is 17.4. The van der Waals surface area contributed by atoms with Crippen molar-refractivity contribution in [2.24, 2.45) is 0 Å². The number of nitrogens with zero attached hydrogens (tertiary/aromatic N) is 5. The Kier molecular flexibility index (Phi) is 7.62. The standard InChI is InChI=1S/C28H35N5O3/c1-7-9-19(2)25-20(3)10-8-11-24(25)33-13-12-22-23(18-33)29-28(36-6)30-26(22)31-14-16-32(17-15-31)27(34)21(4)35-5/h7-11H,1,4,12-18H2,2-3,5-6H3/b19-9-. The number of rotatable bonds is 7. The molecule has 0 bridgehead atoms. The molecule has 2 aromatic rings. The molecule has 0 N–H and O–H groups in total. The molecule has 36 heavy (non-hydrogen) atoms. The lowest BCUT2D eigenvalue weighted by Gasteiger charge is -2.38. The lowest BCUT2D eigenvalue weighted by atomic mass is 9.96. The molecular weight excluding hydrogens is 454 g/mol. The highest BCUT2D eigenvalue weighted by molar-refractivity contribution is 5.91. The fraction of sp³-hybridized carbons (Fsp3) is 0.393. The number of hydrogen-bond acceptors (Lipinski definition) is 7. The van der Waals surface area contributed by atoms with E-state index in [9.17, 15) is 4.79 Å². The molecule has 8 heteroatoms. The maximum Gasteiger partial charge on any atom is 0.318 e. The minimum absolute atomic E-state index is 0.162. The number of benzene rings is 1. The Morgan fingerprint density at radius 1 is 1.08 bits per heavy atom. The average molecular weight is 490 g/mol. The Hall–Kier alpha value is -3.81. The molecule has 4 rings (SSSR count). The summed E-state index contributed by atoms with van der Waals surface area (Å²) in [5, 5.41) is 0. The van der Waals surface area contributed by atoms with Gasteiger partial charge in [0, 0.05) is 49.5 Å². The van der Waals surface area contributed by atoms with E-state index >= 15 is 0 Å². The molecule has 2 aliphatic heterocycles. The molecule has 1 fully saturated rings. The number of methoxy groups -OCH3 is 2. The van der Waals surface area contributed by atoms with Gasteiger partial charge in [0.2, 0.25) is 0 Å². The van der Waals surface area contributed by atoms with Gasteiger partial charge in [-0.3, -0.25) is 4.79 Å². The molecule has 0 aliphatic carbocycles. The van der Waals surface area contributed by atoms with Crippen molar-refractivity contribution in [1.29, 1.82) is 0 Å². The van der Waals surface area contributed by atoms with Crippen molar-refractivity contribution in [3.05, 3.63) is 71.7 Å². The van der Waals surface area contributed by atoms with Crippen LogP contribution in [0.3, 0.4) is 0 Å². The van der Waals surface area contributed by atoms with Gasteiger partial charge in [-0.05, 0) is 37.5 Å². The lowest BCUT2D eigenvalue weighted by molar-refractivity contribution is -0.130. The van der Waals surface area contributed by atoms with E-state index in [-0.39, 0.29) is 11.7 Å². The normalized spacial score (nSPS) is 15.9. The number of amides is 1. The molecule has 0 unspecified atom stereocenters. The smallest absolute Gasteiger partial charge is 0.318 e. The highest BCUT2D eigenvalue weighted by Crippen LogP contribution is 2.35. The summed E-state index contributed by atoms with van der Waals surface area (Å²) in [5.74, 6) is 0.907. The van der Waals surface area contributed by atoms with Crippen molar-refractivity contribution in [3.63, 3.8) is 0 Å². The Bertz CT molecular complexity index is 1200. The van der Waals surface area contributed by atoms with Crippen LogP contribution >= 0.6 is 0 Å². The van der Waals surface area contributed by atoms with Crippen molar-refractivity contribution >= 4 is 23.0 Å². The molecule has 1 aromatic heterocycles. The van der Waals surface area contributed by atoms with E-state index in [1.165, 1.54) is 29.5 Å². The molecule has 0 radical (unpaired) electrons. The summed E-state index contributed by atoms with van der Waals surface area (Å²) < 4.78 is 10.5. The minimum atomic E-state index is -0.162. The van der Waals surface area contributed by atoms with Crippen LogP contribution in [0.25, 0.3) is 5.57 Å². The van der Waals surface area contributed by atoms with E-state index in [2.05, 4.69) is 61.1 Å². The van der Waals surface area contributed by atoms with Crippen LogP contribution in [0.4, 0.5) is 11.5 Å². The monoisotopic (exact) mass is 489 g/mol. The fourth-order valence-corrected chi connectivity index (χ4v) is 5.02. The van der Waals surface area contributed by atoms with Gasteiger partial charge in [0.15, 0.2) is 5.76 Å². The molecule has 0 spiro atoms. The first-order valence-electron chi connectivity index (χ1n) is 12.2. The number of aromatic nitrogens is 2. The van der Waals surface area contributed by atoms with Crippen molar-refractivity contribution < 1.29 is 14.3 Å². The van der Waals surface area contributed by atoms with Crippen molar-refractivity contribution in [3.8, 4) is 6.01 Å². The Morgan fingerprint density at radius 2 is 1.83 bits per heavy atom. The van der Waals surface area contributed by atoms with Crippen LogP contribution in [-0.2, 0) is 22.5 Å². The van der Waals surface area contributed by atoms with E-state index in [1.807, 2.05) is 6.08 Å². The number of fused-ring (bicyclic) bond motifs is 1. The predicted molar refractivity (Wildman–Crippen MR) is 143 cm³/mol. The lowest BCUT2D eigenvalue weighted by Crippen LogP contribution is -2.50. The van der Waals surface area contributed by atoms with E-state index in [4.69, 9.17) is 19.4 Å². The molecule has 1 amide bonds. The summed E-state index contributed by atoms with van der Waals surface area (Å²) in [5.41, 5.74) is 6.99. The maximum absolute atomic E-state index is 12.4. The van der Waals surface area contributed by atoms with E-state index in [0.29, 0.717) is 38.7 Å². The van der Waals surface area contributed by atoms with Gasteiger partial charge in [-0.15, -0.1) is 0 Å². The van der Waals surface area contributed by atoms with Gasteiger partial charge in [0.1, 0.15) is 5.82 Å². The Morgan fingerprint density at radius 3 is 2.50 bits per heavy atom. The number of allylic oxidation sites excluding steroid dienone is 3. The summed E-state index contributed by atoms with van der Waals surface area (Å²) >= 11 is 0. The predicted octanol–water partition coefficient (Wildman–Crippen LogP) is 3.75. The van der Waals surface area contributed by atoms with Crippen LogP contribution in [-0.4, -0.2) is 67.7 Å². The topological polar surface area (TPSA) is 71.0 Å². The van der Waals surface area contributed by atoms with Gasteiger partial charge >= 0.3 is 6.01 Å². The zero-order valence-electron chi connectivity index (χ0n) is 21.7. The molecule has 1 saturated heterocycles. The number of piperazine rings is 1. The highest BCUT2D eigenvalue weighted by Gasteiger charge is 2.30. The van der Waals surface area contributed by atoms with Gasteiger partial charge in [0.25, 0.3) is 5.91 Å². The number of anilines is 2. The minimum Gasteiger partial charge on any atom is -0.492 e. The van der Waals surface area contributed by atoms with E-state index in [0.717, 1.165) is 30.0 Å². The van der Waals surface area contributed by atoms with Crippen LogP contribution in [0, 0.1) is 6.92 Å². The van der Waals surface area contributed by atoms with Crippen LogP contribution in [0.1, 0.15) is 29.3 Å². The first-order valence-corrected chi connectivity index (χ1v) is 12.2. The molecule has 3 heterocycles. The summed E-state index contributed by atoms with van der Waals surface area (Å²) in [6.45, 7) is 15.9. The second-order valence-corrected chi connectivity index (χ2v) is 9.09. The third-order valence-electron chi connectivity index (χ3n) is 6.91. The first kappa shape index (κ1) is 25.3. The number of carbonyl (C=O) groups is 1. The Balaban J connectivity index is 1.61. The van der Waals surface area contributed by atoms with Crippen LogP contribution < -0.4 is 14.5 Å². The SMILES string of the molecule is C=C/C=C(/C)c1c(C)cccc1N1CCc2c(nc(OC)nc2N2CCN(C(=O)C(=C)OC)CC2)C1. The van der Waals surface area contributed by atoms with Crippen molar-refractivity contribution in [2.75, 3.05) is 56.7 Å². The second-order valence-electron chi connectivity index (χ2n) is 9.09. The van der Waals surface area contributed by atoms with Crippen LogP contribution in [0.2, 0.25) is 0 Å². The van der Waals surface area contributed by atoms with Gasteiger partial charge in [-0.25, -0.2) is 0 Å². The number of ether oxygens (including phenoxy) is 2. The third kappa shape index (κ3) is 4.94. The molecule has 8 nitrogen and oxygen atoms in total. The van der Waals surface area contributed by atoms with Gasteiger partial charge < -0.3 is 24.2 Å². The number of carbonyl (C=O) groups excluding carboxylic acids is 1. The molecule has 190 valence electrons. The quantitative estimate of drug-likeness (QED) is 0.333. The molecule has 0 saturated carbocycles. The van der Waals surface area contributed by atoms with Crippen molar-refractivity contribution in [1.82, 2.24) is 14.9 Å². The summed E-state index contributed by atoms with van der Waals surface area (Å²) in [6.07, 6.45) is 4.71. The molecule has 2 aliphatic rings.